The van der Waals surface area contributed by atoms with Gasteiger partial charge in [-0.05, 0) is 61.4 Å². The van der Waals surface area contributed by atoms with Crippen LogP contribution >= 0.6 is 0 Å². The van der Waals surface area contributed by atoms with E-state index in [1.54, 1.807) is 54.6 Å². The van der Waals surface area contributed by atoms with E-state index in [-0.39, 0.29) is 32.4 Å². The Balaban J connectivity index is 1.78. The number of aromatic amines is 1. The van der Waals surface area contributed by atoms with E-state index in [0.29, 0.717) is 15.4 Å². The second kappa shape index (κ2) is 11.7. The van der Waals surface area contributed by atoms with E-state index in [1.807, 2.05) is 13.8 Å². The van der Waals surface area contributed by atoms with Crippen molar-refractivity contribution in [2.24, 2.45) is 0 Å². The summed E-state index contributed by atoms with van der Waals surface area (Å²) in [5.41, 5.74) is 2.72. The number of sulfonamides is 2. The van der Waals surface area contributed by atoms with Gasteiger partial charge in [-0.25, -0.2) is 25.5 Å². The van der Waals surface area contributed by atoms with E-state index in [9.17, 15) is 26.0 Å². The molecule has 0 saturated heterocycles. The Bertz CT molecular complexity index is 2040. The van der Waals surface area contributed by atoms with Crippen LogP contribution in [-0.4, -0.2) is 46.1 Å². The number of amides is 1. The molecule has 1 amide bonds. The van der Waals surface area contributed by atoms with Crippen LogP contribution in [0.2, 0.25) is 0 Å². The molecule has 226 valence electrons. The molecule has 0 aliphatic rings. The molecule has 11 heteroatoms. The Morgan fingerprint density at radius 3 is 1.68 bits per heavy atom. The van der Waals surface area contributed by atoms with Gasteiger partial charge in [0.2, 0.25) is 0 Å². The summed E-state index contributed by atoms with van der Waals surface area (Å²) >= 11 is 0. The van der Waals surface area contributed by atoms with Crippen LogP contribution in [0.15, 0.2) is 113 Å². The fourth-order valence-corrected chi connectivity index (χ4v) is 7.06. The number of benzene rings is 4. The van der Waals surface area contributed by atoms with Gasteiger partial charge in [-0.1, -0.05) is 77.9 Å². The summed E-state index contributed by atoms with van der Waals surface area (Å²) < 4.78 is 70.7. The summed E-state index contributed by atoms with van der Waals surface area (Å²) in [6, 6.07) is 26.3. The van der Waals surface area contributed by atoms with Crippen molar-refractivity contribution in [3.63, 3.8) is 0 Å². The number of carbonyl (C=O) groups is 1. The SMILES string of the molecule is Cc1ccc(S(=O)(=O)N(C)C(=O)c2c(-c3ccccc3)[nH]c(N(C)S(=O)(=O)c3ccc(C)cc3)c2-c2ccc(F)cc2)cc1. The lowest BCUT2D eigenvalue weighted by atomic mass is 9.98. The van der Waals surface area contributed by atoms with E-state index in [2.05, 4.69) is 4.98 Å². The summed E-state index contributed by atoms with van der Waals surface area (Å²) in [6.07, 6.45) is 0. The Kier molecular flexibility index (Phi) is 8.19. The Hall–Kier alpha value is -4.74. The van der Waals surface area contributed by atoms with Gasteiger partial charge in [0.25, 0.3) is 26.0 Å². The van der Waals surface area contributed by atoms with Crippen molar-refractivity contribution in [2.45, 2.75) is 23.6 Å². The van der Waals surface area contributed by atoms with E-state index in [1.165, 1.54) is 55.6 Å². The second-order valence-corrected chi connectivity index (χ2v) is 14.3. The lowest BCUT2D eigenvalue weighted by Crippen LogP contribution is -2.33. The zero-order chi connectivity index (χ0) is 31.8. The molecule has 0 unspecified atom stereocenters. The maximum Gasteiger partial charge on any atom is 0.270 e. The van der Waals surface area contributed by atoms with Crippen LogP contribution in [0.5, 0.6) is 0 Å². The molecule has 5 rings (SSSR count). The Labute approximate surface area is 256 Å². The molecule has 0 fully saturated rings. The van der Waals surface area contributed by atoms with E-state index < -0.39 is 31.8 Å². The Morgan fingerprint density at radius 1 is 0.659 bits per heavy atom. The summed E-state index contributed by atoms with van der Waals surface area (Å²) in [4.78, 5) is 17.4. The van der Waals surface area contributed by atoms with Crippen molar-refractivity contribution in [3.8, 4) is 22.4 Å². The van der Waals surface area contributed by atoms with Crippen LogP contribution in [0.3, 0.4) is 0 Å². The number of hydrogen-bond acceptors (Lipinski definition) is 5. The largest absolute Gasteiger partial charge is 0.339 e. The third-order valence-corrected chi connectivity index (χ3v) is 10.9. The highest BCUT2D eigenvalue weighted by Crippen LogP contribution is 2.42. The molecule has 1 aromatic heterocycles. The van der Waals surface area contributed by atoms with E-state index in [4.69, 9.17) is 0 Å². The Morgan fingerprint density at radius 2 is 1.16 bits per heavy atom. The summed E-state index contributed by atoms with van der Waals surface area (Å²) in [7, 11) is -6.00. The molecule has 0 saturated carbocycles. The minimum Gasteiger partial charge on any atom is -0.339 e. The number of rotatable bonds is 8. The normalized spacial score (nSPS) is 11.8. The topological polar surface area (TPSA) is 108 Å². The maximum atomic E-state index is 14.4. The smallest absolute Gasteiger partial charge is 0.270 e. The average molecular weight is 632 g/mol. The molecular formula is C33H30FN3O5S2. The first-order valence-electron chi connectivity index (χ1n) is 13.5. The van der Waals surface area contributed by atoms with Crippen molar-refractivity contribution in [2.75, 3.05) is 18.4 Å². The number of halogens is 1. The second-order valence-electron chi connectivity index (χ2n) is 10.3. The molecule has 8 nitrogen and oxygen atoms in total. The third-order valence-electron chi connectivity index (χ3n) is 7.35. The number of hydrogen-bond donors (Lipinski definition) is 1. The number of H-pyrrole nitrogens is 1. The van der Waals surface area contributed by atoms with Gasteiger partial charge in [0.15, 0.2) is 0 Å². The molecule has 0 atom stereocenters. The van der Waals surface area contributed by atoms with Crippen LogP contribution in [-0.2, 0) is 20.0 Å². The van der Waals surface area contributed by atoms with Gasteiger partial charge in [0.05, 0.1) is 21.0 Å². The molecule has 1 N–H and O–H groups in total. The van der Waals surface area contributed by atoms with Gasteiger partial charge in [-0.3, -0.25) is 9.10 Å². The highest BCUT2D eigenvalue weighted by molar-refractivity contribution is 7.92. The van der Waals surface area contributed by atoms with Crippen LogP contribution in [0, 0.1) is 19.7 Å². The zero-order valence-corrected chi connectivity index (χ0v) is 26.1. The fraction of sp³-hybridized carbons (Fsp3) is 0.121. The number of aryl methyl sites for hydroxylation is 2. The minimum absolute atomic E-state index is 0.000482. The van der Waals surface area contributed by atoms with Gasteiger partial charge in [-0.2, -0.15) is 0 Å². The van der Waals surface area contributed by atoms with Crippen molar-refractivity contribution in [1.82, 2.24) is 9.29 Å². The molecule has 0 aliphatic carbocycles. The third kappa shape index (κ3) is 5.63. The predicted molar refractivity (Wildman–Crippen MR) is 169 cm³/mol. The molecular weight excluding hydrogens is 602 g/mol. The van der Waals surface area contributed by atoms with Gasteiger partial charge in [0, 0.05) is 19.7 Å². The van der Waals surface area contributed by atoms with E-state index in [0.717, 1.165) is 22.5 Å². The van der Waals surface area contributed by atoms with Crippen LogP contribution < -0.4 is 4.31 Å². The van der Waals surface area contributed by atoms with Crippen LogP contribution in [0.4, 0.5) is 10.2 Å². The molecule has 5 aromatic rings. The minimum atomic E-state index is -4.32. The molecule has 0 spiro atoms. The van der Waals surface area contributed by atoms with Gasteiger partial charge < -0.3 is 4.98 Å². The number of nitrogens with one attached hydrogen (secondary N) is 1. The van der Waals surface area contributed by atoms with Gasteiger partial charge in [-0.15, -0.1) is 0 Å². The standard InChI is InChI=1S/C33H30FN3O5S2/c1-22-10-18-27(19-11-22)43(39,40)36(3)32-29(24-14-16-26(34)17-15-24)30(31(35-32)25-8-6-5-7-9-25)33(38)37(4)44(41,42)28-20-12-23(2)13-21-28/h5-21,35H,1-4H3. The highest BCUT2D eigenvalue weighted by atomic mass is 32.2. The quantitative estimate of drug-likeness (QED) is 0.214. The van der Waals surface area contributed by atoms with Crippen molar-refractivity contribution in [1.29, 1.82) is 0 Å². The first-order chi connectivity index (χ1) is 20.8. The lowest BCUT2D eigenvalue weighted by molar-refractivity contribution is 0.0884. The highest BCUT2D eigenvalue weighted by Gasteiger charge is 2.36. The number of carbonyl (C=O) groups excluding carboxylic acids is 1. The fourth-order valence-electron chi connectivity index (χ4n) is 4.78. The molecule has 0 aliphatic heterocycles. The average Bonchev–Trinajstić information content (AvgIpc) is 3.41. The first-order valence-corrected chi connectivity index (χ1v) is 16.4. The molecule has 0 radical (unpaired) electrons. The van der Waals surface area contributed by atoms with Crippen molar-refractivity contribution < 1.29 is 26.0 Å². The summed E-state index contributed by atoms with van der Waals surface area (Å²) in [6.45, 7) is 3.65. The lowest BCUT2D eigenvalue weighted by Gasteiger charge is -2.21. The summed E-state index contributed by atoms with van der Waals surface area (Å²) in [5.74, 6) is -1.45. The summed E-state index contributed by atoms with van der Waals surface area (Å²) in [5, 5.41) is 0. The molecule has 0 bridgehead atoms. The van der Waals surface area contributed by atoms with Crippen LogP contribution in [0.25, 0.3) is 22.4 Å². The van der Waals surface area contributed by atoms with Gasteiger partial charge in [0.1, 0.15) is 11.6 Å². The number of aromatic nitrogens is 1. The predicted octanol–water partition coefficient (Wildman–Crippen LogP) is 6.39. The van der Waals surface area contributed by atoms with E-state index >= 15 is 0 Å². The first kappa shape index (κ1) is 30.7. The van der Waals surface area contributed by atoms with Gasteiger partial charge >= 0.3 is 0 Å². The molecule has 44 heavy (non-hydrogen) atoms. The van der Waals surface area contributed by atoms with Crippen molar-refractivity contribution >= 4 is 31.8 Å². The molecule has 4 aromatic carbocycles. The molecule has 1 heterocycles. The number of anilines is 1. The number of nitrogens with zero attached hydrogens (tertiary/aromatic N) is 2. The maximum absolute atomic E-state index is 14.4. The van der Waals surface area contributed by atoms with Crippen molar-refractivity contribution in [3.05, 3.63) is 126 Å². The van der Waals surface area contributed by atoms with Crippen LogP contribution in [0.1, 0.15) is 21.5 Å². The zero-order valence-electron chi connectivity index (χ0n) is 24.4. The monoisotopic (exact) mass is 631 g/mol.